The smallest absolute Gasteiger partial charge is 0.308 e. The van der Waals surface area contributed by atoms with E-state index >= 15 is 0 Å². The standard InChI is InChI=1S/C18H27N3O3/c1-4-16-13(7-19-21(16)8-11(2)3)17(22)20-9-14(12-5-6-12)15(10-20)18(23)24/h7,11-12,14-15H,4-6,8-10H2,1-3H3,(H,23,24)/t14-,15+/m1/s1. The minimum Gasteiger partial charge on any atom is -0.481 e. The summed E-state index contributed by atoms with van der Waals surface area (Å²) in [4.78, 5) is 26.2. The predicted octanol–water partition coefficient (Wildman–Crippen LogP) is 2.28. The Labute approximate surface area is 142 Å². The van der Waals surface area contributed by atoms with Gasteiger partial charge in [-0.2, -0.15) is 5.10 Å². The largest absolute Gasteiger partial charge is 0.481 e. The van der Waals surface area contributed by atoms with Crippen LogP contribution in [-0.4, -0.2) is 44.8 Å². The highest BCUT2D eigenvalue weighted by atomic mass is 16.4. The minimum atomic E-state index is -0.770. The first-order valence-corrected chi connectivity index (χ1v) is 8.99. The Morgan fingerprint density at radius 2 is 2.04 bits per heavy atom. The van der Waals surface area contributed by atoms with E-state index in [9.17, 15) is 14.7 Å². The molecule has 2 atom stereocenters. The van der Waals surface area contributed by atoms with Crippen molar-refractivity contribution in [1.29, 1.82) is 0 Å². The zero-order valence-corrected chi connectivity index (χ0v) is 14.7. The number of aliphatic carboxylic acids is 1. The predicted molar refractivity (Wildman–Crippen MR) is 89.7 cm³/mol. The lowest BCUT2D eigenvalue weighted by Crippen LogP contribution is -2.30. The quantitative estimate of drug-likeness (QED) is 0.866. The second-order valence-corrected chi connectivity index (χ2v) is 7.59. The molecule has 2 aliphatic rings. The summed E-state index contributed by atoms with van der Waals surface area (Å²) < 4.78 is 1.92. The van der Waals surface area contributed by atoms with Crippen LogP contribution in [0.15, 0.2) is 6.20 Å². The SMILES string of the molecule is CCc1c(C(=O)N2C[C@H](C(=O)O)[C@@H](C3CC3)C2)cnn1CC(C)C. The average molecular weight is 333 g/mol. The van der Waals surface area contributed by atoms with Crippen molar-refractivity contribution in [2.45, 2.75) is 46.6 Å². The van der Waals surface area contributed by atoms with Crippen molar-refractivity contribution in [3.05, 3.63) is 17.5 Å². The summed E-state index contributed by atoms with van der Waals surface area (Å²) in [5, 5.41) is 13.9. The summed E-state index contributed by atoms with van der Waals surface area (Å²) in [6, 6.07) is 0. The van der Waals surface area contributed by atoms with Crippen molar-refractivity contribution >= 4 is 11.9 Å². The van der Waals surface area contributed by atoms with Crippen molar-refractivity contribution in [3.63, 3.8) is 0 Å². The molecule has 2 fully saturated rings. The molecule has 6 nitrogen and oxygen atoms in total. The van der Waals surface area contributed by atoms with Crippen molar-refractivity contribution < 1.29 is 14.7 Å². The van der Waals surface area contributed by atoms with Crippen LogP contribution in [0.1, 0.15) is 49.7 Å². The molecule has 0 spiro atoms. The molecule has 1 saturated carbocycles. The summed E-state index contributed by atoms with van der Waals surface area (Å²) in [6.07, 6.45) is 4.60. The van der Waals surface area contributed by atoms with Crippen LogP contribution in [0.5, 0.6) is 0 Å². The molecular formula is C18H27N3O3. The van der Waals surface area contributed by atoms with Crippen LogP contribution in [0.4, 0.5) is 0 Å². The first-order chi connectivity index (χ1) is 11.4. The summed E-state index contributed by atoms with van der Waals surface area (Å²) in [7, 11) is 0. The second kappa shape index (κ2) is 6.57. The number of carboxylic acid groups (broad SMARTS) is 1. The van der Waals surface area contributed by atoms with E-state index < -0.39 is 11.9 Å². The topological polar surface area (TPSA) is 75.4 Å². The van der Waals surface area contributed by atoms with E-state index in [1.807, 2.05) is 11.6 Å². The molecule has 3 rings (SSSR count). The van der Waals surface area contributed by atoms with Gasteiger partial charge in [0.2, 0.25) is 0 Å². The number of carboxylic acids is 1. The molecule has 24 heavy (non-hydrogen) atoms. The lowest BCUT2D eigenvalue weighted by atomic mass is 9.92. The highest BCUT2D eigenvalue weighted by Gasteiger charge is 2.47. The fourth-order valence-electron chi connectivity index (χ4n) is 3.89. The highest BCUT2D eigenvalue weighted by Crippen LogP contribution is 2.44. The van der Waals surface area contributed by atoms with Gasteiger partial charge in [-0.25, -0.2) is 0 Å². The van der Waals surface area contributed by atoms with Gasteiger partial charge in [0.15, 0.2) is 0 Å². The molecule has 1 N–H and O–H groups in total. The number of hydrogen-bond donors (Lipinski definition) is 1. The molecule has 1 aromatic rings. The number of nitrogens with zero attached hydrogens (tertiary/aromatic N) is 3. The number of amides is 1. The van der Waals surface area contributed by atoms with Crippen LogP contribution in [0.3, 0.4) is 0 Å². The Hall–Kier alpha value is -1.85. The Kier molecular flexibility index (Phi) is 4.65. The molecule has 6 heteroatoms. The molecule has 0 aromatic carbocycles. The minimum absolute atomic E-state index is 0.0590. The highest BCUT2D eigenvalue weighted by molar-refractivity contribution is 5.95. The molecule has 0 bridgehead atoms. The van der Waals surface area contributed by atoms with Crippen LogP contribution >= 0.6 is 0 Å². The number of likely N-dealkylation sites (tertiary alicyclic amines) is 1. The maximum absolute atomic E-state index is 13.0. The van der Waals surface area contributed by atoms with Crippen LogP contribution in [0, 0.1) is 23.7 Å². The van der Waals surface area contributed by atoms with Crippen LogP contribution in [0.2, 0.25) is 0 Å². The third-order valence-electron chi connectivity index (χ3n) is 5.25. The fourth-order valence-corrected chi connectivity index (χ4v) is 3.89. The molecule has 0 unspecified atom stereocenters. The maximum Gasteiger partial charge on any atom is 0.308 e. The Balaban J connectivity index is 1.79. The lowest BCUT2D eigenvalue weighted by Gasteiger charge is -2.17. The lowest BCUT2D eigenvalue weighted by molar-refractivity contribution is -0.142. The molecule has 1 aliphatic carbocycles. The van der Waals surface area contributed by atoms with Gasteiger partial charge in [0.05, 0.1) is 23.4 Å². The van der Waals surface area contributed by atoms with E-state index in [1.54, 1.807) is 11.1 Å². The van der Waals surface area contributed by atoms with Gasteiger partial charge in [-0.05, 0) is 37.0 Å². The normalized spacial score (nSPS) is 23.9. The van der Waals surface area contributed by atoms with Gasteiger partial charge in [-0.1, -0.05) is 20.8 Å². The first kappa shape index (κ1) is 17.0. The molecule has 132 valence electrons. The van der Waals surface area contributed by atoms with E-state index in [4.69, 9.17) is 0 Å². The van der Waals surface area contributed by atoms with Gasteiger partial charge in [0.1, 0.15) is 0 Å². The van der Waals surface area contributed by atoms with E-state index in [1.165, 1.54) is 0 Å². The third-order valence-corrected chi connectivity index (χ3v) is 5.25. The zero-order valence-electron chi connectivity index (χ0n) is 14.7. The molecule has 1 aliphatic heterocycles. The van der Waals surface area contributed by atoms with E-state index in [0.29, 0.717) is 30.5 Å². The Bertz CT molecular complexity index is 633. The van der Waals surface area contributed by atoms with Crippen molar-refractivity contribution in [1.82, 2.24) is 14.7 Å². The van der Waals surface area contributed by atoms with Crippen molar-refractivity contribution in [2.24, 2.45) is 23.7 Å². The summed E-state index contributed by atoms with van der Waals surface area (Å²) in [6.45, 7) is 7.97. The molecular weight excluding hydrogens is 306 g/mol. The van der Waals surface area contributed by atoms with E-state index in [0.717, 1.165) is 31.5 Å². The number of hydrogen-bond acceptors (Lipinski definition) is 3. The Morgan fingerprint density at radius 1 is 1.33 bits per heavy atom. The number of rotatable bonds is 6. The molecule has 2 heterocycles. The van der Waals surface area contributed by atoms with E-state index in [-0.39, 0.29) is 11.8 Å². The number of carbonyl (C=O) groups excluding carboxylic acids is 1. The van der Waals surface area contributed by atoms with Gasteiger partial charge in [-0.15, -0.1) is 0 Å². The average Bonchev–Trinajstić information content (AvgIpc) is 3.14. The molecule has 1 aromatic heterocycles. The number of aromatic nitrogens is 2. The number of carbonyl (C=O) groups is 2. The molecule has 0 radical (unpaired) electrons. The van der Waals surface area contributed by atoms with Crippen molar-refractivity contribution in [3.8, 4) is 0 Å². The van der Waals surface area contributed by atoms with Gasteiger partial charge in [0, 0.05) is 19.6 Å². The molecule has 1 saturated heterocycles. The molecule has 1 amide bonds. The summed E-state index contributed by atoms with van der Waals surface area (Å²) in [5.74, 6) is -0.192. The zero-order chi connectivity index (χ0) is 17.4. The van der Waals surface area contributed by atoms with Gasteiger partial charge in [-0.3, -0.25) is 14.3 Å². The van der Waals surface area contributed by atoms with Gasteiger partial charge < -0.3 is 10.0 Å². The van der Waals surface area contributed by atoms with Gasteiger partial charge >= 0.3 is 5.97 Å². The summed E-state index contributed by atoms with van der Waals surface area (Å²) >= 11 is 0. The fraction of sp³-hybridized carbons (Fsp3) is 0.722. The maximum atomic E-state index is 13.0. The van der Waals surface area contributed by atoms with Gasteiger partial charge in [0.25, 0.3) is 5.91 Å². The van der Waals surface area contributed by atoms with Crippen LogP contribution in [0.25, 0.3) is 0 Å². The van der Waals surface area contributed by atoms with Crippen molar-refractivity contribution in [2.75, 3.05) is 13.1 Å². The summed E-state index contributed by atoms with van der Waals surface area (Å²) in [5.41, 5.74) is 1.59. The third kappa shape index (κ3) is 3.19. The van der Waals surface area contributed by atoms with Crippen LogP contribution in [-0.2, 0) is 17.8 Å². The van der Waals surface area contributed by atoms with E-state index in [2.05, 4.69) is 18.9 Å². The monoisotopic (exact) mass is 333 g/mol. The first-order valence-electron chi connectivity index (χ1n) is 8.99. The second-order valence-electron chi connectivity index (χ2n) is 7.59. The Morgan fingerprint density at radius 3 is 2.58 bits per heavy atom. The van der Waals surface area contributed by atoms with Crippen LogP contribution < -0.4 is 0 Å².